The number of aromatic nitrogens is 3. The second kappa shape index (κ2) is 9.17. The van der Waals surface area contributed by atoms with Crippen molar-refractivity contribution in [3.8, 4) is 21.4 Å². The summed E-state index contributed by atoms with van der Waals surface area (Å²) in [5.41, 5.74) is 15.8. The van der Waals surface area contributed by atoms with E-state index in [9.17, 15) is 0 Å². The highest BCUT2D eigenvalue weighted by Gasteiger charge is 2.13. The van der Waals surface area contributed by atoms with E-state index in [2.05, 4.69) is 9.97 Å². The summed E-state index contributed by atoms with van der Waals surface area (Å²) in [5, 5.41) is 16.8. The van der Waals surface area contributed by atoms with Gasteiger partial charge in [0.2, 0.25) is 0 Å². The van der Waals surface area contributed by atoms with Gasteiger partial charge in [-0.25, -0.2) is 15.0 Å². The van der Waals surface area contributed by atoms with Crippen LogP contribution in [0.4, 0.5) is 0 Å². The first-order valence-electron chi connectivity index (χ1n) is 8.96. The first-order valence-corrected chi connectivity index (χ1v) is 10.6. The summed E-state index contributed by atoms with van der Waals surface area (Å²) in [6.07, 6.45) is 0. The number of hydrogen-bond acceptors (Lipinski definition) is 7. The number of pyridine rings is 1. The maximum absolute atomic E-state index is 7.61. The molecule has 5 rings (SSSR count). The van der Waals surface area contributed by atoms with Gasteiger partial charge >= 0.3 is 0 Å². The van der Waals surface area contributed by atoms with Crippen molar-refractivity contribution in [2.75, 3.05) is 0 Å². The van der Waals surface area contributed by atoms with Crippen molar-refractivity contribution in [3.05, 3.63) is 65.7 Å². The van der Waals surface area contributed by atoms with E-state index in [0.29, 0.717) is 11.1 Å². The number of thiazole rings is 2. The second-order valence-corrected chi connectivity index (χ2v) is 8.70. The molecule has 3 aromatic heterocycles. The van der Waals surface area contributed by atoms with Crippen LogP contribution in [0.25, 0.3) is 41.8 Å². The molecule has 0 saturated heterocycles. The van der Waals surface area contributed by atoms with Crippen LogP contribution in [-0.4, -0.2) is 26.6 Å². The van der Waals surface area contributed by atoms with Crippen LogP contribution in [-0.2, 0) is 0 Å². The van der Waals surface area contributed by atoms with Crippen molar-refractivity contribution in [3.63, 3.8) is 0 Å². The van der Waals surface area contributed by atoms with Gasteiger partial charge in [-0.05, 0) is 48.5 Å². The van der Waals surface area contributed by atoms with Crippen LogP contribution >= 0.6 is 47.5 Å². The fraction of sp³-hybridized carbons (Fsp3) is 0. The quantitative estimate of drug-likeness (QED) is 0.201. The fourth-order valence-electron chi connectivity index (χ4n) is 3.08. The molecule has 0 spiro atoms. The lowest BCUT2D eigenvalue weighted by Gasteiger charge is -1.98. The average molecular weight is 502 g/mol. The van der Waals surface area contributed by atoms with Gasteiger partial charge in [0.25, 0.3) is 0 Å². The molecule has 0 saturated carbocycles. The van der Waals surface area contributed by atoms with E-state index in [4.69, 9.17) is 27.3 Å². The molecule has 0 aliphatic heterocycles. The smallest absolute Gasteiger partial charge is 0.143 e. The van der Waals surface area contributed by atoms with E-state index < -0.39 is 0 Å². The maximum atomic E-state index is 7.61. The lowest BCUT2D eigenvalue weighted by atomic mass is 10.2. The first-order chi connectivity index (χ1) is 14.5. The Kier molecular flexibility index (Phi) is 6.75. The molecule has 0 fully saturated rings. The number of fused-ring (bicyclic) bond motifs is 2. The highest BCUT2D eigenvalue weighted by atomic mass is 35.5. The Morgan fingerprint density at radius 3 is 1.50 bits per heavy atom. The number of nitrogens with two attached hydrogens (primary N) is 2. The Balaban J connectivity index is 0.00000144. The van der Waals surface area contributed by atoms with Crippen molar-refractivity contribution < 1.29 is 0 Å². The normalized spacial score (nSPS) is 10.5. The van der Waals surface area contributed by atoms with Gasteiger partial charge in [0.1, 0.15) is 21.7 Å². The minimum Gasteiger partial charge on any atom is -0.384 e. The Labute approximate surface area is 203 Å². The molecule has 2 aromatic carbocycles. The number of nitrogens with one attached hydrogen (secondary N) is 2. The van der Waals surface area contributed by atoms with Gasteiger partial charge in [0, 0.05) is 11.1 Å². The Morgan fingerprint density at radius 1 is 0.656 bits per heavy atom. The van der Waals surface area contributed by atoms with Gasteiger partial charge in [0.05, 0.1) is 31.8 Å². The molecular weight excluding hydrogens is 485 g/mol. The molecule has 0 radical (unpaired) electrons. The molecule has 0 aliphatic carbocycles. The predicted octanol–water partition coefficient (Wildman–Crippen LogP) is 5.05. The second-order valence-electron chi connectivity index (χ2n) is 6.64. The Hall–Kier alpha value is -3.11. The van der Waals surface area contributed by atoms with Crippen molar-refractivity contribution in [2.45, 2.75) is 0 Å². The zero-order chi connectivity index (χ0) is 20.8. The third-order valence-electron chi connectivity index (χ3n) is 4.59. The Bertz CT molecular complexity index is 1370. The standard InChI is InChI=1S/C21H15N7S2.2ClH/c22-18(23)10-4-6-12-16(8-10)29-20(27-12)14-2-1-3-15(26-14)21-28-13-7-5-11(19(24)25)9-17(13)30-21;;/h1-9H,(H3,22,23)(H3,24,25);2*1H. The summed E-state index contributed by atoms with van der Waals surface area (Å²) in [7, 11) is 0. The molecule has 11 heteroatoms. The van der Waals surface area contributed by atoms with Crippen LogP contribution in [0.5, 0.6) is 0 Å². The van der Waals surface area contributed by atoms with Crippen molar-refractivity contribution in [2.24, 2.45) is 11.5 Å². The van der Waals surface area contributed by atoms with E-state index in [1.54, 1.807) is 12.1 Å². The molecule has 0 amide bonds. The van der Waals surface area contributed by atoms with Gasteiger partial charge in [-0.3, -0.25) is 10.8 Å². The zero-order valence-corrected chi connectivity index (χ0v) is 19.6. The van der Waals surface area contributed by atoms with Crippen molar-refractivity contribution in [1.82, 2.24) is 15.0 Å². The SMILES string of the molecule is Cl.Cl.N=C(N)c1ccc2nc(-c3cccc(-c4nc5ccc(C(=N)N)cc5s4)n3)sc2c1. The van der Waals surface area contributed by atoms with Crippen molar-refractivity contribution >= 4 is 79.6 Å². The molecule has 0 bridgehead atoms. The van der Waals surface area contributed by atoms with Gasteiger partial charge in [0.15, 0.2) is 0 Å². The monoisotopic (exact) mass is 501 g/mol. The molecule has 6 N–H and O–H groups in total. The summed E-state index contributed by atoms with van der Waals surface area (Å²) in [5.74, 6) is 0.0754. The summed E-state index contributed by atoms with van der Waals surface area (Å²) in [4.78, 5) is 14.1. The van der Waals surface area contributed by atoms with E-state index in [1.807, 2.05) is 42.5 Å². The Morgan fingerprint density at radius 2 is 1.09 bits per heavy atom. The van der Waals surface area contributed by atoms with Crippen LogP contribution in [0.3, 0.4) is 0 Å². The molecule has 0 unspecified atom stereocenters. The summed E-state index contributed by atoms with van der Waals surface area (Å²) in [6.45, 7) is 0. The topological polar surface area (TPSA) is 138 Å². The van der Waals surface area contributed by atoms with E-state index in [-0.39, 0.29) is 36.5 Å². The molecule has 0 atom stereocenters. The van der Waals surface area contributed by atoms with Crippen LogP contribution in [0.1, 0.15) is 11.1 Å². The molecule has 3 heterocycles. The van der Waals surface area contributed by atoms with Gasteiger partial charge in [-0.2, -0.15) is 0 Å². The lowest BCUT2D eigenvalue weighted by Crippen LogP contribution is -2.10. The number of hydrogen-bond donors (Lipinski definition) is 4. The molecular formula is C21H17Cl2N7S2. The number of benzene rings is 2. The van der Waals surface area contributed by atoms with E-state index >= 15 is 0 Å². The van der Waals surface area contributed by atoms with Crippen LogP contribution in [0.15, 0.2) is 54.6 Å². The third kappa shape index (κ3) is 4.28. The number of nitrogens with zero attached hydrogens (tertiary/aromatic N) is 3. The van der Waals surface area contributed by atoms with Gasteiger partial charge < -0.3 is 11.5 Å². The number of halogens is 2. The van der Waals surface area contributed by atoms with Gasteiger partial charge in [-0.15, -0.1) is 47.5 Å². The number of amidine groups is 2. The average Bonchev–Trinajstić information content (AvgIpc) is 3.36. The predicted molar refractivity (Wildman–Crippen MR) is 138 cm³/mol. The maximum Gasteiger partial charge on any atom is 0.143 e. The van der Waals surface area contributed by atoms with Crippen molar-refractivity contribution in [1.29, 1.82) is 10.8 Å². The summed E-state index contributed by atoms with van der Waals surface area (Å²) in [6, 6.07) is 16.9. The zero-order valence-electron chi connectivity index (χ0n) is 16.3. The lowest BCUT2D eigenvalue weighted by molar-refractivity contribution is 1.29. The molecule has 7 nitrogen and oxygen atoms in total. The number of nitrogen functional groups attached to an aromatic ring is 2. The van der Waals surface area contributed by atoms with Gasteiger partial charge in [-0.1, -0.05) is 6.07 Å². The molecule has 0 aliphatic rings. The minimum atomic E-state index is 0. The van der Waals surface area contributed by atoms with Crippen LogP contribution < -0.4 is 11.5 Å². The highest BCUT2D eigenvalue weighted by Crippen LogP contribution is 2.33. The summed E-state index contributed by atoms with van der Waals surface area (Å²) >= 11 is 3.03. The molecule has 5 aromatic rings. The fourth-order valence-corrected chi connectivity index (χ4v) is 5.03. The first kappa shape index (κ1) is 23.6. The van der Waals surface area contributed by atoms with E-state index in [1.165, 1.54) is 22.7 Å². The third-order valence-corrected chi connectivity index (χ3v) is 6.67. The molecule has 162 valence electrons. The molecule has 32 heavy (non-hydrogen) atoms. The number of rotatable bonds is 4. The van der Waals surface area contributed by atoms with Crippen LogP contribution in [0, 0.1) is 10.8 Å². The summed E-state index contributed by atoms with van der Waals surface area (Å²) < 4.78 is 1.92. The van der Waals surface area contributed by atoms with Crippen LogP contribution in [0.2, 0.25) is 0 Å². The largest absolute Gasteiger partial charge is 0.384 e. The van der Waals surface area contributed by atoms with E-state index in [0.717, 1.165) is 41.8 Å². The highest BCUT2D eigenvalue weighted by molar-refractivity contribution is 7.22. The minimum absolute atomic E-state index is 0.